The molecule has 0 unspecified atom stereocenters. The highest BCUT2D eigenvalue weighted by Gasteiger charge is 2.20. The monoisotopic (exact) mass is 619 g/mol. The van der Waals surface area contributed by atoms with Crippen LogP contribution in [0.25, 0.3) is 10.2 Å². The Bertz CT molecular complexity index is 1460. The lowest BCUT2D eigenvalue weighted by molar-refractivity contribution is 0.267. The van der Waals surface area contributed by atoms with Crippen LogP contribution in [0.4, 0.5) is 0 Å². The Hall–Kier alpha value is -2.43. The Kier molecular flexibility index (Phi) is 7.40. The number of halogens is 2. The number of nitrogens with zero attached hydrogens (tertiary/aromatic N) is 3. The molecule has 0 N–H and O–H groups in total. The van der Waals surface area contributed by atoms with E-state index >= 15 is 0 Å². The Morgan fingerprint density at radius 1 is 1.20 bits per heavy atom. The number of ether oxygens (including phenoxy) is 2. The molecule has 0 amide bonds. The topological polar surface area (TPSA) is 65.7 Å². The molecule has 35 heavy (non-hydrogen) atoms. The Labute approximate surface area is 225 Å². The summed E-state index contributed by atoms with van der Waals surface area (Å²) in [6.45, 7) is 2.82. The van der Waals surface area contributed by atoms with Crippen LogP contribution in [0.3, 0.4) is 0 Å². The molecule has 0 atom stereocenters. The highest BCUT2D eigenvalue weighted by atomic mass is 127. The standard InChI is InChI=1S/C26H23ClIN3O3S/c1-2-33-21-12-17(11-20(28)24(21)34-14-16-7-9-18(27)10-8-16)13-30-31-15-29-25-23(26(31)32)19-5-3-4-6-22(19)35-25/h7-13,15H,2-6,14H2,1H3/b30-13-. The van der Waals surface area contributed by atoms with Crippen LogP contribution in [-0.2, 0) is 19.4 Å². The predicted molar refractivity (Wildman–Crippen MR) is 150 cm³/mol. The molecule has 0 saturated carbocycles. The predicted octanol–water partition coefficient (Wildman–Crippen LogP) is 6.45. The van der Waals surface area contributed by atoms with Gasteiger partial charge in [-0.25, -0.2) is 4.98 Å². The van der Waals surface area contributed by atoms with Crippen molar-refractivity contribution in [1.29, 1.82) is 0 Å². The maximum atomic E-state index is 13.2. The number of hydrogen-bond acceptors (Lipinski definition) is 6. The molecule has 6 nitrogen and oxygen atoms in total. The van der Waals surface area contributed by atoms with Crippen molar-refractivity contribution >= 4 is 62.0 Å². The van der Waals surface area contributed by atoms with E-state index < -0.39 is 0 Å². The van der Waals surface area contributed by atoms with Crippen molar-refractivity contribution in [3.63, 3.8) is 0 Å². The summed E-state index contributed by atoms with van der Waals surface area (Å²) in [6.07, 6.45) is 7.41. The number of hydrogen-bond donors (Lipinski definition) is 0. The zero-order chi connectivity index (χ0) is 24.4. The van der Waals surface area contributed by atoms with Gasteiger partial charge in [-0.2, -0.15) is 9.78 Å². The zero-order valence-corrected chi connectivity index (χ0v) is 22.8. The number of benzene rings is 2. The molecule has 9 heteroatoms. The molecule has 1 aliphatic carbocycles. The summed E-state index contributed by atoms with van der Waals surface area (Å²) in [5, 5.41) is 5.85. The van der Waals surface area contributed by atoms with Gasteiger partial charge in [0.05, 0.1) is 21.8 Å². The van der Waals surface area contributed by atoms with Gasteiger partial charge in [0.2, 0.25) is 0 Å². The normalized spacial score (nSPS) is 13.3. The van der Waals surface area contributed by atoms with E-state index in [0.29, 0.717) is 29.7 Å². The van der Waals surface area contributed by atoms with Crippen LogP contribution in [0, 0.1) is 3.57 Å². The first-order chi connectivity index (χ1) is 17.0. The van der Waals surface area contributed by atoms with Crippen LogP contribution in [0.5, 0.6) is 11.5 Å². The zero-order valence-electron chi connectivity index (χ0n) is 19.1. The first-order valence-corrected chi connectivity index (χ1v) is 13.7. The lowest BCUT2D eigenvalue weighted by Gasteiger charge is -2.15. The lowest BCUT2D eigenvalue weighted by atomic mass is 9.97. The van der Waals surface area contributed by atoms with Gasteiger partial charge < -0.3 is 9.47 Å². The van der Waals surface area contributed by atoms with Crippen molar-refractivity contribution in [2.24, 2.45) is 5.10 Å². The molecule has 2 heterocycles. The van der Waals surface area contributed by atoms with E-state index in [-0.39, 0.29) is 5.56 Å². The summed E-state index contributed by atoms with van der Waals surface area (Å²) in [4.78, 5) is 19.8. The lowest BCUT2D eigenvalue weighted by Crippen LogP contribution is -2.18. The van der Waals surface area contributed by atoms with Crippen LogP contribution in [0.15, 0.2) is 52.6 Å². The minimum absolute atomic E-state index is 0.117. The van der Waals surface area contributed by atoms with Gasteiger partial charge in [-0.05, 0) is 96.2 Å². The van der Waals surface area contributed by atoms with Gasteiger partial charge in [0.1, 0.15) is 17.8 Å². The van der Waals surface area contributed by atoms with E-state index in [9.17, 15) is 4.79 Å². The molecule has 0 saturated heterocycles. The van der Waals surface area contributed by atoms with Gasteiger partial charge in [-0.3, -0.25) is 4.79 Å². The summed E-state index contributed by atoms with van der Waals surface area (Å²) in [5.41, 5.74) is 2.86. The number of aromatic nitrogens is 2. The van der Waals surface area contributed by atoms with Gasteiger partial charge in [-0.1, -0.05) is 23.7 Å². The maximum absolute atomic E-state index is 13.2. The molecule has 0 aliphatic heterocycles. The molecular weight excluding hydrogens is 597 g/mol. The molecule has 180 valence electrons. The third kappa shape index (κ3) is 5.24. The highest BCUT2D eigenvalue weighted by molar-refractivity contribution is 14.1. The van der Waals surface area contributed by atoms with E-state index in [2.05, 4.69) is 32.7 Å². The summed E-state index contributed by atoms with van der Waals surface area (Å²) in [7, 11) is 0. The van der Waals surface area contributed by atoms with Gasteiger partial charge in [0.25, 0.3) is 5.56 Å². The average Bonchev–Trinajstić information content (AvgIpc) is 3.24. The third-order valence-corrected chi connectivity index (χ3v) is 8.07. The van der Waals surface area contributed by atoms with Gasteiger partial charge in [0, 0.05) is 9.90 Å². The molecule has 5 rings (SSSR count). The summed E-state index contributed by atoms with van der Waals surface area (Å²) in [6, 6.07) is 11.4. The molecule has 0 fully saturated rings. The molecule has 0 spiro atoms. The quantitative estimate of drug-likeness (QED) is 0.176. The first kappa shape index (κ1) is 24.3. The van der Waals surface area contributed by atoms with Crippen molar-refractivity contribution in [2.45, 2.75) is 39.2 Å². The van der Waals surface area contributed by atoms with Gasteiger partial charge >= 0.3 is 0 Å². The van der Waals surface area contributed by atoms with E-state index in [1.54, 1.807) is 17.6 Å². The van der Waals surface area contributed by atoms with E-state index in [1.165, 1.54) is 22.3 Å². The van der Waals surface area contributed by atoms with Crippen LogP contribution in [0.1, 0.15) is 41.3 Å². The van der Waals surface area contributed by atoms with Crippen LogP contribution < -0.4 is 15.0 Å². The fourth-order valence-electron chi connectivity index (χ4n) is 4.15. The first-order valence-electron chi connectivity index (χ1n) is 11.4. The van der Waals surface area contributed by atoms with Gasteiger partial charge in [0.15, 0.2) is 11.5 Å². The van der Waals surface area contributed by atoms with Crippen molar-refractivity contribution in [3.8, 4) is 11.5 Å². The SMILES string of the molecule is CCOc1cc(/C=N\n2cnc3sc4c(c3c2=O)CCCC4)cc(I)c1OCc1ccc(Cl)cc1. The largest absolute Gasteiger partial charge is 0.490 e. The molecular formula is C26H23ClIN3O3S. The fourth-order valence-corrected chi connectivity index (χ4v) is 6.28. The number of fused-ring (bicyclic) bond motifs is 3. The summed E-state index contributed by atoms with van der Waals surface area (Å²) < 4.78 is 14.2. The molecule has 2 aromatic heterocycles. The number of aryl methyl sites for hydroxylation is 2. The Balaban J connectivity index is 1.42. The fraction of sp³-hybridized carbons (Fsp3) is 0.269. The number of rotatable bonds is 7. The van der Waals surface area contributed by atoms with Crippen LogP contribution >= 0.6 is 45.5 Å². The molecule has 1 aliphatic rings. The molecule has 0 bridgehead atoms. The van der Waals surface area contributed by atoms with Crippen molar-refractivity contribution in [1.82, 2.24) is 9.66 Å². The van der Waals surface area contributed by atoms with Crippen molar-refractivity contribution in [2.75, 3.05) is 6.61 Å². The minimum atomic E-state index is -0.117. The smallest absolute Gasteiger partial charge is 0.282 e. The van der Waals surface area contributed by atoms with Crippen LogP contribution in [0.2, 0.25) is 5.02 Å². The third-order valence-electron chi connectivity index (χ3n) is 5.82. The van der Waals surface area contributed by atoms with E-state index in [0.717, 1.165) is 49.7 Å². The second-order valence-electron chi connectivity index (χ2n) is 8.21. The molecule has 4 aromatic rings. The Morgan fingerprint density at radius 2 is 2.00 bits per heavy atom. The van der Waals surface area contributed by atoms with Crippen LogP contribution in [-0.4, -0.2) is 22.5 Å². The second kappa shape index (κ2) is 10.7. The molecule has 0 radical (unpaired) electrons. The molecule has 2 aromatic carbocycles. The maximum Gasteiger partial charge on any atom is 0.282 e. The average molecular weight is 620 g/mol. The minimum Gasteiger partial charge on any atom is -0.490 e. The van der Waals surface area contributed by atoms with Crippen molar-refractivity contribution in [3.05, 3.63) is 83.2 Å². The van der Waals surface area contributed by atoms with Gasteiger partial charge in [-0.15, -0.1) is 11.3 Å². The van der Waals surface area contributed by atoms with Crippen molar-refractivity contribution < 1.29 is 9.47 Å². The summed E-state index contributed by atoms with van der Waals surface area (Å²) >= 11 is 9.84. The number of thiophene rings is 1. The van der Waals surface area contributed by atoms with E-state index in [1.807, 2.05) is 43.3 Å². The van der Waals surface area contributed by atoms with E-state index in [4.69, 9.17) is 21.1 Å². The second-order valence-corrected chi connectivity index (χ2v) is 10.9. The Morgan fingerprint density at radius 3 is 2.80 bits per heavy atom. The summed E-state index contributed by atoms with van der Waals surface area (Å²) in [5.74, 6) is 1.30. The highest BCUT2D eigenvalue weighted by Crippen LogP contribution is 2.35.